The van der Waals surface area contributed by atoms with Crippen molar-refractivity contribution in [2.24, 2.45) is 0 Å². The topological polar surface area (TPSA) is 52.6 Å². The summed E-state index contributed by atoms with van der Waals surface area (Å²) < 4.78 is 10.3. The van der Waals surface area contributed by atoms with Crippen molar-refractivity contribution in [1.82, 2.24) is 0 Å². The molecule has 0 unspecified atom stereocenters. The molecule has 0 aliphatic heterocycles. The minimum absolute atomic E-state index is 0.257. The molecule has 0 saturated heterocycles. The number of rotatable bonds is 4. The van der Waals surface area contributed by atoms with Crippen LogP contribution in [0.2, 0.25) is 0 Å². The van der Waals surface area contributed by atoms with Crippen LogP contribution in [-0.2, 0) is 22.3 Å². The number of carbonyl (C=O) groups is 2. The highest BCUT2D eigenvalue weighted by molar-refractivity contribution is 6.03. The number of benzene rings is 3. The summed E-state index contributed by atoms with van der Waals surface area (Å²) in [5.74, 6) is -0.977. The van der Waals surface area contributed by atoms with Crippen LogP contribution in [-0.4, -0.2) is 25.2 Å². The van der Waals surface area contributed by atoms with Crippen molar-refractivity contribution in [3.63, 3.8) is 0 Å². The summed E-state index contributed by atoms with van der Waals surface area (Å²) in [5.41, 5.74) is 5.18. The van der Waals surface area contributed by atoms with Gasteiger partial charge in [0.2, 0.25) is 0 Å². The Kier molecular flexibility index (Phi) is 4.86. The van der Waals surface area contributed by atoms with Crippen LogP contribution in [0.4, 0.5) is 0 Å². The van der Waals surface area contributed by atoms with Crippen LogP contribution >= 0.6 is 0 Å². The Bertz CT molecular complexity index is 996. The number of hydrogen-bond acceptors (Lipinski definition) is 4. The molecule has 0 aromatic heterocycles. The van der Waals surface area contributed by atoms with E-state index in [-0.39, 0.29) is 24.3 Å². The van der Waals surface area contributed by atoms with Gasteiger partial charge >= 0.3 is 11.9 Å². The molecule has 0 N–H and O–H groups in total. The first kappa shape index (κ1) is 18.2. The summed E-state index contributed by atoms with van der Waals surface area (Å²) in [6.07, 6.45) is 1.45. The molecule has 28 heavy (non-hydrogen) atoms. The molecule has 0 heterocycles. The van der Waals surface area contributed by atoms with Gasteiger partial charge < -0.3 is 9.47 Å². The van der Waals surface area contributed by atoms with E-state index in [0.29, 0.717) is 0 Å². The molecule has 0 saturated carbocycles. The van der Waals surface area contributed by atoms with E-state index in [1.807, 2.05) is 12.1 Å². The van der Waals surface area contributed by atoms with Crippen molar-refractivity contribution in [3.05, 3.63) is 81.9 Å². The van der Waals surface area contributed by atoms with Gasteiger partial charge in [-0.2, -0.15) is 0 Å². The largest absolute Gasteiger partial charge is 0.462 e. The van der Waals surface area contributed by atoms with Crippen LogP contribution in [0.25, 0.3) is 10.8 Å². The molecule has 1 aliphatic carbocycles. The first-order valence-electron chi connectivity index (χ1n) is 9.61. The fourth-order valence-corrected chi connectivity index (χ4v) is 3.85. The lowest BCUT2D eigenvalue weighted by Crippen LogP contribution is -2.17. The van der Waals surface area contributed by atoms with Gasteiger partial charge in [0.05, 0.1) is 24.3 Å². The second kappa shape index (κ2) is 7.47. The molecular weight excluding hydrogens is 352 g/mol. The van der Waals surface area contributed by atoms with Crippen LogP contribution in [0, 0.1) is 0 Å². The normalized spacial score (nSPS) is 12.2. The zero-order valence-electron chi connectivity index (χ0n) is 16.1. The lowest BCUT2D eigenvalue weighted by molar-refractivity contribution is 0.0478. The van der Waals surface area contributed by atoms with Gasteiger partial charge in [-0.1, -0.05) is 36.4 Å². The highest BCUT2D eigenvalue weighted by Crippen LogP contribution is 2.32. The maximum absolute atomic E-state index is 12.5. The average molecular weight is 374 g/mol. The van der Waals surface area contributed by atoms with Crippen molar-refractivity contribution < 1.29 is 19.1 Å². The van der Waals surface area contributed by atoms with Crippen LogP contribution in [0.5, 0.6) is 0 Å². The van der Waals surface area contributed by atoms with Gasteiger partial charge in [0.1, 0.15) is 0 Å². The van der Waals surface area contributed by atoms with Gasteiger partial charge in [0.15, 0.2) is 0 Å². The number of carbonyl (C=O) groups excluding carboxylic acids is 2. The lowest BCUT2D eigenvalue weighted by atomic mass is 9.82. The van der Waals surface area contributed by atoms with Crippen molar-refractivity contribution in [3.8, 4) is 0 Å². The molecular formula is C24H22O4. The predicted molar refractivity (Wildman–Crippen MR) is 108 cm³/mol. The second-order valence-electron chi connectivity index (χ2n) is 6.93. The molecule has 3 aromatic rings. The van der Waals surface area contributed by atoms with Crippen molar-refractivity contribution in [2.45, 2.75) is 26.7 Å². The molecule has 0 spiro atoms. The summed E-state index contributed by atoms with van der Waals surface area (Å²) in [7, 11) is 0. The quantitative estimate of drug-likeness (QED) is 0.486. The van der Waals surface area contributed by atoms with Crippen LogP contribution < -0.4 is 0 Å². The summed E-state index contributed by atoms with van der Waals surface area (Å²) >= 11 is 0. The Morgan fingerprint density at radius 3 is 1.50 bits per heavy atom. The Hall–Kier alpha value is -3.14. The molecule has 0 radical (unpaired) electrons. The van der Waals surface area contributed by atoms with Gasteiger partial charge in [-0.3, -0.25) is 0 Å². The molecule has 0 amide bonds. The summed E-state index contributed by atoms with van der Waals surface area (Å²) in [4.78, 5) is 24.9. The monoisotopic (exact) mass is 374 g/mol. The van der Waals surface area contributed by atoms with E-state index in [1.165, 1.54) is 21.9 Å². The maximum Gasteiger partial charge on any atom is 0.339 e. The Morgan fingerprint density at radius 1 is 0.714 bits per heavy atom. The minimum atomic E-state index is -0.488. The summed E-state index contributed by atoms with van der Waals surface area (Å²) in [5, 5.41) is 2.41. The summed E-state index contributed by atoms with van der Waals surface area (Å²) in [6.45, 7) is 4.02. The average Bonchev–Trinajstić information content (AvgIpc) is 2.70. The van der Waals surface area contributed by atoms with Gasteiger partial charge in [0, 0.05) is 0 Å². The van der Waals surface area contributed by atoms with Crippen LogP contribution in [0.15, 0.2) is 48.5 Å². The molecule has 0 atom stereocenters. The zero-order chi connectivity index (χ0) is 19.7. The van der Waals surface area contributed by atoms with Gasteiger partial charge in [-0.25, -0.2) is 9.59 Å². The second-order valence-corrected chi connectivity index (χ2v) is 6.93. The Morgan fingerprint density at radius 2 is 1.11 bits per heavy atom. The first-order valence-corrected chi connectivity index (χ1v) is 9.61. The number of ether oxygens (including phenoxy) is 2. The van der Waals surface area contributed by atoms with Crippen LogP contribution in [0.1, 0.15) is 56.8 Å². The Labute approximate surface area is 164 Å². The van der Waals surface area contributed by atoms with Gasteiger partial charge in [-0.15, -0.1) is 0 Å². The highest BCUT2D eigenvalue weighted by atomic mass is 16.5. The third-order valence-electron chi connectivity index (χ3n) is 5.16. The van der Waals surface area contributed by atoms with E-state index in [4.69, 9.17) is 9.47 Å². The van der Waals surface area contributed by atoms with Crippen molar-refractivity contribution in [1.29, 1.82) is 0 Å². The molecule has 4 rings (SSSR count). The van der Waals surface area contributed by atoms with E-state index in [0.717, 1.165) is 24.0 Å². The first-order chi connectivity index (χ1) is 13.6. The molecule has 3 aromatic carbocycles. The molecule has 0 fully saturated rings. The number of hydrogen-bond donors (Lipinski definition) is 0. The molecule has 142 valence electrons. The molecule has 0 bridgehead atoms. The molecule has 1 aliphatic rings. The third-order valence-corrected chi connectivity index (χ3v) is 5.16. The Balaban J connectivity index is 1.80. The number of esters is 2. The molecule has 4 nitrogen and oxygen atoms in total. The zero-order valence-corrected chi connectivity index (χ0v) is 16.1. The van der Waals surface area contributed by atoms with Gasteiger partial charge in [-0.05, 0) is 71.8 Å². The van der Waals surface area contributed by atoms with E-state index in [2.05, 4.69) is 24.3 Å². The fourth-order valence-electron chi connectivity index (χ4n) is 3.85. The van der Waals surface area contributed by atoms with E-state index in [9.17, 15) is 9.59 Å². The number of fused-ring (bicyclic) bond motifs is 3. The SMILES string of the molecule is CCOC(=O)c1cc2c(cc1C(=O)OCC)Cc1cc3ccccc3cc1C2. The fraction of sp³-hybridized carbons (Fsp3) is 0.250. The van der Waals surface area contributed by atoms with Gasteiger partial charge in [0.25, 0.3) is 0 Å². The molecule has 4 heteroatoms. The summed E-state index contributed by atoms with van der Waals surface area (Å²) in [6, 6.07) is 16.3. The lowest BCUT2D eigenvalue weighted by Gasteiger charge is -2.22. The predicted octanol–water partition coefficient (Wildman–Crippen LogP) is 4.69. The highest BCUT2D eigenvalue weighted by Gasteiger charge is 2.25. The third kappa shape index (κ3) is 3.26. The standard InChI is InChI=1S/C24H22O4/c1-3-27-23(25)21-13-19-11-17-9-15-7-5-6-8-16(15)10-18(17)12-20(19)14-22(21)24(26)28-4-2/h5-10,13-14H,3-4,11-12H2,1-2H3. The van der Waals surface area contributed by atoms with Crippen molar-refractivity contribution in [2.75, 3.05) is 13.2 Å². The van der Waals surface area contributed by atoms with E-state index < -0.39 is 11.9 Å². The van der Waals surface area contributed by atoms with E-state index in [1.54, 1.807) is 26.0 Å². The van der Waals surface area contributed by atoms with E-state index >= 15 is 0 Å². The maximum atomic E-state index is 12.5. The minimum Gasteiger partial charge on any atom is -0.462 e. The smallest absolute Gasteiger partial charge is 0.339 e. The van der Waals surface area contributed by atoms with Crippen LogP contribution in [0.3, 0.4) is 0 Å². The van der Waals surface area contributed by atoms with Crippen molar-refractivity contribution >= 4 is 22.7 Å².